The minimum Gasteiger partial charge on any atom is -0.336 e. The fraction of sp³-hybridized carbons (Fsp3) is 0.100. The number of aryl methyl sites for hydroxylation is 1. The minimum absolute atomic E-state index is 0.667. The predicted octanol–water partition coefficient (Wildman–Crippen LogP) is 4.95. The van der Waals surface area contributed by atoms with Gasteiger partial charge in [-0.1, -0.05) is 54.1 Å². The first-order valence-electron chi connectivity index (χ1n) is 8.09. The maximum Gasteiger partial charge on any atom is 0.156 e. The Balaban J connectivity index is 1.68. The molecule has 4 rings (SSSR count). The van der Waals surface area contributed by atoms with Gasteiger partial charge in [-0.3, -0.25) is 4.68 Å². The molecule has 5 heteroatoms. The van der Waals surface area contributed by atoms with Crippen LogP contribution < -0.4 is 0 Å². The summed E-state index contributed by atoms with van der Waals surface area (Å²) in [5.74, 6) is 0.822. The summed E-state index contributed by atoms with van der Waals surface area (Å²) in [5, 5.41) is 5.18. The molecule has 0 fully saturated rings. The maximum absolute atomic E-state index is 5.96. The van der Waals surface area contributed by atoms with E-state index >= 15 is 0 Å². The SMILES string of the molecule is Cc1nc(-c2ccnn2Cc2ccc(Cl)cc2)[nH]c1-c1ccccc1. The van der Waals surface area contributed by atoms with Crippen molar-refractivity contribution in [3.05, 3.63) is 83.1 Å². The average molecular weight is 349 g/mol. The summed E-state index contributed by atoms with van der Waals surface area (Å²) in [5.41, 5.74) is 5.24. The third-order valence-corrected chi connectivity index (χ3v) is 4.40. The molecule has 0 atom stereocenters. The van der Waals surface area contributed by atoms with E-state index in [2.05, 4.69) is 22.2 Å². The van der Waals surface area contributed by atoms with Gasteiger partial charge in [0.15, 0.2) is 5.82 Å². The van der Waals surface area contributed by atoms with Gasteiger partial charge in [0.05, 0.1) is 17.9 Å². The molecule has 25 heavy (non-hydrogen) atoms. The van der Waals surface area contributed by atoms with Crippen molar-refractivity contribution in [2.45, 2.75) is 13.5 Å². The highest BCUT2D eigenvalue weighted by molar-refractivity contribution is 6.30. The molecule has 0 aliphatic rings. The number of nitrogens with one attached hydrogen (secondary N) is 1. The number of hydrogen-bond donors (Lipinski definition) is 1. The second-order valence-electron chi connectivity index (χ2n) is 5.91. The van der Waals surface area contributed by atoms with Crippen LogP contribution in [0.25, 0.3) is 22.8 Å². The topological polar surface area (TPSA) is 46.5 Å². The van der Waals surface area contributed by atoms with Gasteiger partial charge in [0.1, 0.15) is 5.69 Å². The minimum atomic E-state index is 0.667. The van der Waals surface area contributed by atoms with Gasteiger partial charge in [-0.25, -0.2) is 4.98 Å². The number of benzene rings is 2. The fourth-order valence-electron chi connectivity index (χ4n) is 2.89. The van der Waals surface area contributed by atoms with Crippen LogP contribution in [0.15, 0.2) is 66.9 Å². The zero-order chi connectivity index (χ0) is 17.2. The molecule has 0 saturated heterocycles. The van der Waals surface area contributed by atoms with Gasteiger partial charge in [-0.15, -0.1) is 0 Å². The van der Waals surface area contributed by atoms with Gasteiger partial charge >= 0.3 is 0 Å². The van der Waals surface area contributed by atoms with Crippen LogP contribution >= 0.6 is 11.6 Å². The van der Waals surface area contributed by atoms with Gasteiger partial charge < -0.3 is 4.98 Å². The van der Waals surface area contributed by atoms with E-state index in [9.17, 15) is 0 Å². The third-order valence-electron chi connectivity index (χ3n) is 4.15. The summed E-state index contributed by atoms with van der Waals surface area (Å²) in [4.78, 5) is 8.15. The summed E-state index contributed by atoms with van der Waals surface area (Å²) in [6, 6.07) is 20.0. The first kappa shape index (κ1) is 15.7. The van der Waals surface area contributed by atoms with Crippen LogP contribution in [0.2, 0.25) is 5.02 Å². The second kappa shape index (κ2) is 6.57. The molecular weight excluding hydrogens is 332 g/mol. The van der Waals surface area contributed by atoms with Crippen molar-refractivity contribution in [2.75, 3.05) is 0 Å². The first-order valence-corrected chi connectivity index (χ1v) is 8.47. The highest BCUT2D eigenvalue weighted by Gasteiger charge is 2.13. The maximum atomic E-state index is 5.96. The number of halogens is 1. The Morgan fingerprint density at radius 3 is 2.52 bits per heavy atom. The third kappa shape index (κ3) is 3.21. The van der Waals surface area contributed by atoms with Crippen molar-refractivity contribution in [1.29, 1.82) is 0 Å². The lowest BCUT2D eigenvalue weighted by atomic mass is 10.1. The highest BCUT2D eigenvalue weighted by atomic mass is 35.5. The van der Waals surface area contributed by atoms with E-state index < -0.39 is 0 Å². The van der Waals surface area contributed by atoms with Gasteiger partial charge in [-0.05, 0) is 36.2 Å². The molecule has 4 aromatic rings. The van der Waals surface area contributed by atoms with Gasteiger partial charge in [0.25, 0.3) is 0 Å². The molecule has 0 aliphatic carbocycles. The molecule has 0 saturated carbocycles. The van der Waals surface area contributed by atoms with Crippen LogP contribution in [0.5, 0.6) is 0 Å². The van der Waals surface area contributed by atoms with Crippen molar-refractivity contribution in [3.8, 4) is 22.8 Å². The van der Waals surface area contributed by atoms with Crippen molar-refractivity contribution in [1.82, 2.24) is 19.7 Å². The number of aromatic nitrogens is 4. The van der Waals surface area contributed by atoms with E-state index in [1.807, 2.05) is 60.1 Å². The molecule has 0 spiro atoms. The Morgan fingerprint density at radius 1 is 1.00 bits per heavy atom. The molecule has 1 N–H and O–H groups in total. The molecule has 2 heterocycles. The summed E-state index contributed by atoms with van der Waals surface area (Å²) in [6.45, 7) is 2.68. The standard InChI is InChI=1S/C20H17ClN4/c1-14-19(16-5-3-2-4-6-16)24-20(23-14)18-11-12-22-25(18)13-15-7-9-17(21)10-8-15/h2-12H,13H2,1H3,(H,23,24). The normalized spacial score (nSPS) is 11.0. The number of imidazole rings is 1. The molecular formula is C20H17ClN4. The van der Waals surface area contributed by atoms with Crippen molar-refractivity contribution in [3.63, 3.8) is 0 Å². The van der Waals surface area contributed by atoms with Gasteiger partial charge in [0, 0.05) is 11.2 Å². The summed E-state index contributed by atoms with van der Waals surface area (Å²) >= 11 is 5.96. The second-order valence-corrected chi connectivity index (χ2v) is 6.35. The van der Waals surface area contributed by atoms with Crippen molar-refractivity contribution >= 4 is 11.6 Å². The highest BCUT2D eigenvalue weighted by Crippen LogP contribution is 2.25. The molecule has 2 aromatic heterocycles. The van der Waals surface area contributed by atoms with Crippen molar-refractivity contribution < 1.29 is 0 Å². The Hall–Kier alpha value is -2.85. The lowest BCUT2D eigenvalue weighted by Crippen LogP contribution is -2.04. The zero-order valence-corrected chi connectivity index (χ0v) is 14.5. The monoisotopic (exact) mass is 348 g/mol. The summed E-state index contributed by atoms with van der Waals surface area (Å²) < 4.78 is 1.94. The van der Waals surface area contributed by atoms with Crippen LogP contribution in [0.1, 0.15) is 11.3 Å². The van der Waals surface area contributed by atoms with E-state index in [-0.39, 0.29) is 0 Å². The molecule has 0 bridgehead atoms. The molecule has 0 amide bonds. The average Bonchev–Trinajstić information content (AvgIpc) is 3.24. The number of rotatable bonds is 4. The van der Waals surface area contributed by atoms with Gasteiger partial charge in [-0.2, -0.15) is 5.10 Å². The Kier molecular flexibility index (Phi) is 4.12. The number of hydrogen-bond acceptors (Lipinski definition) is 2. The quantitative estimate of drug-likeness (QED) is 0.567. The smallest absolute Gasteiger partial charge is 0.156 e. The molecule has 2 aromatic carbocycles. The lowest BCUT2D eigenvalue weighted by Gasteiger charge is -2.06. The molecule has 0 unspecified atom stereocenters. The number of aromatic amines is 1. The lowest BCUT2D eigenvalue weighted by molar-refractivity contribution is 0.691. The van der Waals surface area contributed by atoms with Crippen LogP contribution in [0.4, 0.5) is 0 Å². The van der Waals surface area contributed by atoms with Crippen molar-refractivity contribution in [2.24, 2.45) is 0 Å². The number of nitrogens with zero attached hydrogens (tertiary/aromatic N) is 3. The van der Waals surface area contributed by atoms with E-state index in [1.165, 1.54) is 0 Å². The van der Waals surface area contributed by atoms with Gasteiger partial charge in [0.2, 0.25) is 0 Å². The Morgan fingerprint density at radius 2 is 1.76 bits per heavy atom. The van der Waals surface area contributed by atoms with Crippen LogP contribution in [-0.4, -0.2) is 19.7 Å². The molecule has 4 nitrogen and oxygen atoms in total. The largest absolute Gasteiger partial charge is 0.336 e. The summed E-state index contributed by atoms with van der Waals surface area (Å²) in [7, 11) is 0. The van der Waals surface area contributed by atoms with E-state index in [0.717, 1.165) is 39.1 Å². The van der Waals surface area contributed by atoms with E-state index in [1.54, 1.807) is 6.20 Å². The van der Waals surface area contributed by atoms with E-state index in [0.29, 0.717) is 6.54 Å². The summed E-state index contributed by atoms with van der Waals surface area (Å²) in [6.07, 6.45) is 1.80. The Bertz CT molecular complexity index is 984. The van der Waals surface area contributed by atoms with E-state index in [4.69, 9.17) is 16.6 Å². The Labute approximate surface area is 151 Å². The molecule has 0 aliphatic heterocycles. The first-order chi connectivity index (χ1) is 12.2. The predicted molar refractivity (Wildman–Crippen MR) is 101 cm³/mol. The molecule has 0 radical (unpaired) electrons. The zero-order valence-electron chi connectivity index (χ0n) is 13.8. The van der Waals surface area contributed by atoms with Crippen LogP contribution in [-0.2, 0) is 6.54 Å². The molecule has 124 valence electrons. The van der Waals surface area contributed by atoms with Crippen LogP contribution in [0, 0.1) is 6.92 Å². The fourth-order valence-corrected chi connectivity index (χ4v) is 3.02. The number of H-pyrrole nitrogens is 1. The van der Waals surface area contributed by atoms with Crippen LogP contribution in [0.3, 0.4) is 0 Å².